The van der Waals surface area contributed by atoms with Crippen LogP contribution in [0.5, 0.6) is 0 Å². The van der Waals surface area contributed by atoms with Crippen molar-refractivity contribution in [2.45, 2.75) is 53.5 Å². The molecule has 0 heterocycles. The van der Waals surface area contributed by atoms with Crippen LogP contribution < -0.4 is 5.32 Å². The molecule has 4 heteroatoms. The molecule has 0 saturated carbocycles. The van der Waals surface area contributed by atoms with Crippen LogP contribution in [0.2, 0.25) is 0 Å². The standard InChI is InChI=1S/C15H27NO3/c1-7-8-9-15(5,6)11-19-13(18)16-12(10-17)14(2,3)4/h7,10,12H,1,8-9,11H2,2-6H3,(H,16,18). The summed E-state index contributed by atoms with van der Waals surface area (Å²) in [5, 5.41) is 2.59. The predicted molar refractivity (Wildman–Crippen MR) is 77.0 cm³/mol. The van der Waals surface area contributed by atoms with Crippen molar-refractivity contribution in [1.82, 2.24) is 5.32 Å². The maximum absolute atomic E-state index is 11.7. The first kappa shape index (κ1) is 17.7. The number of amides is 1. The van der Waals surface area contributed by atoms with Crippen LogP contribution in [0.3, 0.4) is 0 Å². The van der Waals surface area contributed by atoms with Gasteiger partial charge in [0.15, 0.2) is 0 Å². The molecule has 0 rings (SSSR count). The molecule has 0 bridgehead atoms. The Morgan fingerprint density at radius 1 is 1.32 bits per heavy atom. The quantitative estimate of drug-likeness (QED) is 0.570. The van der Waals surface area contributed by atoms with Crippen molar-refractivity contribution < 1.29 is 14.3 Å². The zero-order valence-electron chi connectivity index (χ0n) is 12.8. The normalized spacial score (nSPS) is 13.5. The number of rotatable bonds is 7. The van der Waals surface area contributed by atoms with Gasteiger partial charge in [0.1, 0.15) is 6.29 Å². The lowest BCUT2D eigenvalue weighted by Crippen LogP contribution is -2.45. The summed E-state index contributed by atoms with van der Waals surface area (Å²) in [5.41, 5.74) is -0.414. The van der Waals surface area contributed by atoms with Gasteiger partial charge in [0.25, 0.3) is 0 Å². The maximum atomic E-state index is 11.7. The molecule has 0 spiro atoms. The van der Waals surface area contributed by atoms with E-state index < -0.39 is 12.1 Å². The third-order valence-corrected chi connectivity index (χ3v) is 2.96. The Bertz CT molecular complexity index is 316. The molecule has 0 aliphatic rings. The fourth-order valence-corrected chi connectivity index (χ4v) is 1.45. The van der Waals surface area contributed by atoms with Gasteiger partial charge in [0.05, 0.1) is 12.6 Å². The molecular weight excluding hydrogens is 242 g/mol. The van der Waals surface area contributed by atoms with E-state index in [2.05, 4.69) is 11.9 Å². The summed E-state index contributed by atoms with van der Waals surface area (Å²) in [6.45, 7) is 13.7. The average molecular weight is 269 g/mol. The molecule has 0 radical (unpaired) electrons. The van der Waals surface area contributed by atoms with Gasteiger partial charge in [-0.15, -0.1) is 6.58 Å². The zero-order valence-corrected chi connectivity index (χ0v) is 12.8. The van der Waals surface area contributed by atoms with Crippen LogP contribution in [-0.2, 0) is 9.53 Å². The van der Waals surface area contributed by atoms with Gasteiger partial charge in [-0.3, -0.25) is 0 Å². The van der Waals surface area contributed by atoms with Crippen molar-refractivity contribution in [2.75, 3.05) is 6.61 Å². The van der Waals surface area contributed by atoms with E-state index in [4.69, 9.17) is 4.74 Å². The Labute approximate surface area is 116 Å². The van der Waals surface area contributed by atoms with E-state index in [9.17, 15) is 9.59 Å². The summed E-state index contributed by atoms with van der Waals surface area (Å²) >= 11 is 0. The molecule has 1 atom stereocenters. The second kappa shape index (κ2) is 7.31. The van der Waals surface area contributed by atoms with Gasteiger partial charge in [-0.2, -0.15) is 0 Å². The molecule has 0 aromatic rings. The number of nitrogens with one attached hydrogen (secondary N) is 1. The van der Waals surface area contributed by atoms with Crippen LogP contribution in [0.4, 0.5) is 4.79 Å². The van der Waals surface area contributed by atoms with E-state index >= 15 is 0 Å². The van der Waals surface area contributed by atoms with Crippen molar-refractivity contribution in [3.8, 4) is 0 Å². The van der Waals surface area contributed by atoms with Gasteiger partial charge in [-0.1, -0.05) is 40.7 Å². The number of carbonyl (C=O) groups excluding carboxylic acids is 2. The summed E-state index contributed by atoms with van der Waals surface area (Å²) in [6, 6.07) is -0.545. The van der Waals surface area contributed by atoms with Crippen LogP contribution in [-0.4, -0.2) is 25.0 Å². The predicted octanol–water partition coefficient (Wildman–Crippen LogP) is 3.32. The Hall–Kier alpha value is -1.32. The molecule has 0 fully saturated rings. The second-order valence-electron chi connectivity index (χ2n) is 6.69. The zero-order chi connectivity index (χ0) is 15.1. The monoisotopic (exact) mass is 269 g/mol. The largest absolute Gasteiger partial charge is 0.449 e. The summed E-state index contributed by atoms with van der Waals surface area (Å²) in [5.74, 6) is 0. The lowest BCUT2D eigenvalue weighted by atomic mass is 9.88. The molecule has 1 unspecified atom stereocenters. The third kappa shape index (κ3) is 7.65. The smallest absolute Gasteiger partial charge is 0.407 e. The van der Waals surface area contributed by atoms with Crippen molar-refractivity contribution in [3.63, 3.8) is 0 Å². The molecule has 0 saturated heterocycles. The fourth-order valence-electron chi connectivity index (χ4n) is 1.45. The SMILES string of the molecule is C=CCCC(C)(C)COC(=O)NC(C=O)C(C)(C)C. The highest BCUT2D eigenvalue weighted by Crippen LogP contribution is 2.23. The van der Waals surface area contributed by atoms with E-state index in [1.165, 1.54) is 0 Å². The average Bonchev–Trinajstić information content (AvgIpc) is 2.29. The van der Waals surface area contributed by atoms with E-state index in [1.54, 1.807) is 0 Å². The molecule has 0 aromatic heterocycles. The number of ether oxygens (including phenoxy) is 1. The number of hydrogen-bond donors (Lipinski definition) is 1. The molecule has 0 aliphatic carbocycles. The molecule has 1 amide bonds. The van der Waals surface area contributed by atoms with Gasteiger partial charge in [-0.05, 0) is 23.7 Å². The van der Waals surface area contributed by atoms with Gasteiger partial charge < -0.3 is 14.8 Å². The van der Waals surface area contributed by atoms with E-state index in [0.29, 0.717) is 6.61 Å². The van der Waals surface area contributed by atoms with Gasteiger partial charge >= 0.3 is 6.09 Å². The van der Waals surface area contributed by atoms with Crippen LogP contribution in [0.25, 0.3) is 0 Å². The highest BCUT2D eigenvalue weighted by molar-refractivity contribution is 5.73. The summed E-state index contributed by atoms with van der Waals surface area (Å²) in [6.07, 6.45) is 3.84. The van der Waals surface area contributed by atoms with Crippen molar-refractivity contribution in [2.24, 2.45) is 10.8 Å². The molecule has 1 N–H and O–H groups in total. The number of allylic oxidation sites excluding steroid dienone is 1. The Morgan fingerprint density at radius 2 is 1.89 bits per heavy atom. The minimum Gasteiger partial charge on any atom is -0.449 e. The molecule has 0 aromatic carbocycles. The van der Waals surface area contributed by atoms with Crippen molar-refractivity contribution >= 4 is 12.4 Å². The molecule has 110 valence electrons. The highest BCUT2D eigenvalue weighted by atomic mass is 16.5. The summed E-state index contributed by atoms with van der Waals surface area (Å²) in [7, 11) is 0. The van der Waals surface area contributed by atoms with Gasteiger partial charge in [0.2, 0.25) is 0 Å². The lowest BCUT2D eigenvalue weighted by Gasteiger charge is -2.28. The second-order valence-corrected chi connectivity index (χ2v) is 6.69. The minimum atomic E-state index is -0.545. The van der Waals surface area contributed by atoms with Crippen LogP contribution >= 0.6 is 0 Å². The molecule has 19 heavy (non-hydrogen) atoms. The van der Waals surface area contributed by atoms with Crippen molar-refractivity contribution in [1.29, 1.82) is 0 Å². The third-order valence-electron chi connectivity index (χ3n) is 2.96. The molecule has 0 aliphatic heterocycles. The van der Waals surface area contributed by atoms with Crippen LogP contribution in [0, 0.1) is 10.8 Å². The number of hydrogen-bond acceptors (Lipinski definition) is 3. The summed E-state index contributed by atoms with van der Waals surface area (Å²) in [4.78, 5) is 22.6. The summed E-state index contributed by atoms with van der Waals surface area (Å²) < 4.78 is 5.19. The maximum Gasteiger partial charge on any atom is 0.407 e. The number of aldehydes is 1. The van der Waals surface area contributed by atoms with E-state index in [0.717, 1.165) is 19.1 Å². The first-order chi connectivity index (χ1) is 8.62. The fraction of sp³-hybridized carbons (Fsp3) is 0.733. The van der Waals surface area contributed by atoms with E-state index in [1.807, 2.05) is 40.7 Å². The molecule has 4 nitrogen and oxygen atoms in total. The van der Waals surface area contributed by atoms with Gasteiger partial charge in [0, 0.05) is 0 Å². The number of carbonyl (C=O) groups is 2. The van der Waals surface area contributed by atoms with Crippen LogP contribution in [0.15, 0.2) is 12.7 Å². The highest BCUT2D eigenvalue weighted by Gasteiger charge is 2.27. The minimum absolute atomic E-state index is 0.0933. The molecular formula is C15H27NO3. The van der Waals surface area contributed by atoms with Gasteiger partial charge in [-0.25, -0.2) is 4.79 Å². The first-order valence-corrected chi connectivity index (χ1v) is 6.62. The lowest BCUT2D eigenvalue weighted by molar-refractivity contribution is -0.111. The Morgan fingerprint density at radius 3 is 2.32 bits per heavy atom. The Balaban J connectivity index is 4.25. The number of alkyl carbamates (subject to hydrolysis) is 1. The van der Waals surface area contributed by atoms with Crippen LogP contribution in [0.1, 0.15) is 47.5 Å². The van der Waals surface area contributed by atoms with E-state index in [-0.39, 0.29) is 10.8 Å². The Kier molecular flexibility index (Phi) is 6.81. The topological polar surface area (TPSA) is 55.4 Å². The first-order valence-electron chi connectivity index (χ1n) is 6.62. The van der Waals surface area contributed by atoms with Crippen molar-refractivity contribution in [3.05, 3.63) is 12.7 Å².